The van der Waals surface area contributed by atoms with Gasteiger partial charge in [0.2, 0.25) is 0 Å². The zero-order valence-electron chi connectivity index (χ0n) is 11.0. The molecular weight excluding hydrogens is 228 g/mol. The second-order valence-corrected chi connectivity index (χ2v) is 5.78. The molecule has 1 unspecified atom stereocenters. The van der Waals surface area contributed by atoms with Gasteiger partial charge in [0.05, 0.1) is 0 Å². The first kappa shape index (κ1) is 12.8. The Morgan fingerprint density at radius 1 is 1.47 bits per heavy atom. The van der Waals surface area contributed by atoms with E-state index in [9.17, 15) is 0 Å². The van der Waals surface area contributed by atoms with Crippen molar-refractivity contribution >= 4 is 17.4 Å². The predicted molar refractivity (Wildman–Crippen MR) is 78.1 cm³/mol. The lowest BCUT2D eigenvalue weighted by Crippen LogP contribution is -2.27. The third kappa shape index (κ3) is 3.17. The Labute approximate surface area is 109 Å². The smallest absolute Gasteiger partial charge is 0.0397 e. The van der Waals surface area contributed by atoms with Crippen molar-refractivity contribution in [2.24, 2.45) is 0 Å². The Morgan fingerprint density at radius 2 is 2.29 bits per heavy atom. The van der Waals surface area contributed by atoms with E-state index in [4.69, 9.17) is 0 Å². The standard InChI is InChI=1S/C14H22N2S/c1-11(10-17-3)15-9-12-4-5-14-13(8-12)6-7-16(14)2/h4-5,8,11,15H,6-7,9-10H2,1-3H3. The van der Waals surface area contributed by atoms with Gasteiger partial charge in [0.15, 0.2) is 0 Å². The number of nitrogens with one attached hydrogen (secondary N) is 1. The average molecular weight is 250 g/mol. The molecule has 0 amide bonds. The molecule has 1 atom stereocenters. The molecule has 2 rings (SSSR count). The van der Waals surface area contributed by atoms with Crippen molar-refractivity contribution in [2.45, 2.75) is 25.9 Å². The van der Waals surface area contributed by atoms with Crippen LogP contribution in [0.25, 0.3) is 0 Å². The van der Waals surface area contributed by atoms with E-state index < -0.39 is 0 Å². The summed E-state index contributed by atoms with van der Waals surface area (Å²) in [7, 11) is 2.17. The quantitative estimate of drug-likeness (QED) is 0.864. The molecule has 0 aliphatic carbocycles. The summed E-state index contributed by atoms with van der Waals surface area (Å²) in [5, 5.41) is 3.57. The van der Waals surface area contributed by atoms with E-state index in [1.165, 1.54) is 29.0 Å². The van der Waals surface area contributed by atoms with Gasteiger partial charge in [0.1, 0.15) is 0 Å². The summed E-state index contributed by atoms with van der Waals surface area (Å²) in [6, 6.07) is 7.45. The van der Waals surface area contributed by atoms with Crippen LogP contribution in [0.4, 0.5) is 5.69 Å². The van der Waals surface area contributed by atoms with E-state index in [0.29, 0.717) is 6.04 Å². The van der Waals surface area contributed by atoms with Crippen LogP contribution < -0.4 is 10.2 Å². The summed E-state index contributed by atoms with van der Waals surface area (Å²) in [6.45, 7) is 4.39. The number of hydrogen-bond donors (Lipinski definition) is 1. The Morgan fingerprint density at radius 3 is 3.06 bits per heavy atom. The molecule has 1 aromatic rings. The minimum absolute atomic E-state index is 0.584. The van der Waals surface area contributed by atoms with Crippen molar-refractivity contribution in [3.05, 3.63) is 29.3 Å². The molecule has 3 heteroatoms. The van der Waals surface area contributed by atoms with E-state index in [1.54, 1.807) is 0 Å². The van der Waals surface area contributed by atoms with Gasteiger partial charge in [-0.2, -0.15) is 11.8 Å². The number of anilines is 1. The van der Waals surface area contributed by atoms with Crippen LogP contribution in [0.1, 0.15) is 18.1 Å². The van der Waals surface area contributed by atoms with Crippen LogP contribution in [-0.4, -0.2) is 31.6 Å². The Hall–Kier alpha value is -0.670. The highest BCUT2D eigenvalue weighted by Gasteiger charge is 2.15. The Kier molecular flexibility index (Phi) is 4.35. The molecule has 17 heavy (non-hydrogen) atoms. The van der Waals surface area contributed by atoms with Gasteiger partial charge in [-0.25, -0.2) is 0 Å². The molecule has 94 valence electrons. The topological polar surface area (TPSA) is 15.3 Å². The second kappa shape index (κ2) is 5.78. The molecule has 1 aliphatic heterocycles. The van der Waals surface area contributed by atoms with Crippen molar-refractivity contribution in [1.29, 1.82) is 0 Å². The zero-order chi connectivity index (χ0) is 12.3. The molecule has 1 aromatic carbocycles. The molecule has 0 spiro atoms. The van der Waals surface area contributed by atoms with Crippen molar-refractivity contribution in [3.8, 4) is 0 Å². The maximum atomic E-state index is 3.57. The lowest BCUT2D eigenvalue weighted by Gasteiger charge is -2.14. The molecule has 2 nitrogen and oxygen atoms in total. The fourth-order valence-electron chi connectivity index (χ4n) is 2.33. The monoisotopic (exact) mass is 250 g/mol. The van der Waals surface area contributed by atoms with E-state index in [2.05, 4.69) is 48.6 Å². The lowest BCUT2D eigenvalue weighted by molar-refractivity contribution is 0.596. The summed E-state index contributed by atoms with van der Waals surface area (Å²) in [5.41, 5.74) is 4.32. The number of hydrogen-bond acceptors (Lipinski definition) is 3. The third-order valence-corrected chi connectivity index (χ3v) is 4.18. The number of rotatable bonds is 5. The summed E-state index contributed by atoms with van der Waals surface area (Å²) >= 11 is 1.90. The fraction of sp³-hybridized carbons (Fsp3) is 0.571. The van der Waals surface area contributed by atoms with Crippen LogP contribution in [0.3, 0.4) is 0 Å². The van der Waals surface area contributed by atoms with E-state index in [-0.39, 0.29) is 0 Å². The van der Waals surface area contributed by atoms with Crippen molar-refractivity contribution in [1.82, 2.24) is 5.32 Å². The highest BCUT2D eigenvalue weighted by molar-refractivity contribution is 7.98. The van der Waals surface area contributed by atoms with E-state index in [1.807, 2.05) is 11.8 Å². The Balaban J connectivity index is 1.94. The van der Waals surface area contributed by atoms with Crippen LogP contribution in [0.15, 0.2) is 18.2 Å². The summed E-state index contributed by atoms with van der Waals surface area (Å²) in [6.07, 6.45) is 3.35. The van der Waals surface area contributed by atoms with Gasteiger partial charge in [-0.3, -0.25) is 0 Å². The molecular formula is C14H22N2S. The molecule has 1 N–H and O–H groups in total. The van der Waals surface area contributed by atoms with Gasteiger partial charge in [-0.05, 0) is 36.8 Å². The van der Waals surface area contributed by atoms with Gasteiger partial charge in [-0.15, -0.1) is 0 Å². The van der Waals surface area contributed by atoms with Crippen molar-refractivity contribution in [3.63, 3.8) is 0 Å². The van der Waals surface area contributed by atoms with Crippen molar-refractivity contribution < 1.29 is 0 Å². The maximum absolute atomic E-state index is 3.57. The summed E-state index contributed by atoms with van der Waals surface area (Å²) in [4.78, 5) is 2.34. The maximum Gasteiger partial charge on any atom is 0.0397 e. The largest absolute Gasteiger partial charge is 0.374 e. The fourth-order valence-corrected chi connectivity index (χ4v) is 2.95. The average Bonchev–Trinajstić information content (AvgIpc) is 2.69. The van der Waals surface area contributed by atoms with E-state index in [0.717, 1.165) is 13.1 Å². The predicted octanol–water partition coefficient (Wildman–Crippen LogP) is 2.52. The number of thioether (sulfide) groups is 1. The third-order valence-electron chi connectivity index (χ3n) is 3.34. The molecule has 1 aliphatic rings. The number of fused-ring (bicyclic) bond motifs is 1. The molecule has 0 saturated heterocycles. The first-order chi connectivity index (χ1) is 8.20. The van der Waals surface area contributed by atoms with Crippen LogP contribution in [0.5, 0.6) is 0 Å². The molecule has 0 radical (unpaired) electrons. The highest BCUT2D eigenvalue weighted by atomic mass is 32.2. The van der Waals surface area contributed by atoms with Crippen LogP contribution in [0, 0.1) is 0 Å². The van der Waals surface area contributed by atoms with Crippen LogP contribution >= 0.6 is 11.8 Å². The number of likely N-dealkylation sites (N-methyl/N-ethyl adjacent to an activating group) is 1. The number of benzene rings is 1. The normalized spacial score (nSPS) is 16.1. The van der Waals surface area contributed by atoms with E-state index >= 15 is 0 Å². The molecule has 0 fully saturated rings. The van der Waals surface area contributed by atoms with Gasteiger partial charge < -0.3 is 10.2 Å². The Bertz CT molecular complexity index is 378. The van der Waals surface area contributed by atoms with Gasteiger partial charge in [0.25, 0.3) is 0 Å². The highest BCUT2D eigenvalue weighted by Crippen LogP contribution is 2.27. The second-order valence-electron chi connectivity index (χ2n) is 4.87. The molecule has 0 aromatic heterocycles. The molecule has 0 bridgehead atoms. The minimum atomic E-state index is 0.584. The molecule has 0 saturated carbocycles. The van der Waals surface area contributed by atoms with Crippen LogP contribution in [-0.2, 0) is 13.0 Å². The molecule has 1 heterocycles. The van der Waals surface area contributed by atoms with Crippen LogP contribution in [0.2, 0.25) is 0 Å². The number of nitrogens with zero attached hydrogens (tertiary/aromatic N) is 1. The van der Waals surface area contributed by atoms with Gasteiger partial charge in [0, 0.05) is 37.6 Å². The van der Waals surface area contributed by atoms with Crippen molar-refractivity contribution in [2.75, 3.05) is 30.5 Å². The van der Waals surface area contributed by atoms with Gasteiger partial charge in [-0.1, -0.05) is 12.1 Å². The lowest BCUT2D eigenvalue weighted by atomic mass is 10.1. The zero-order valence-corrected chi connectivity index (χ0v) is 11.8. The van der Waals surface area contributed by atoms with Gasteiger partial charge >= 0.3 is 0 Å². The minimum Gasteiger partial charge on any atom is -0.374 e. The summed E-state index contributed by atoms with van der Waals surface area (Å²) in [5.74, 6) is 1.17. The SMILES string of the molecule is CSCC(C)NCc1ccc2c(c1)CCN2C. The summed E-state index contributed by atoms with van der Waals surface area (Å²) < 4.78 is 0. The first-order valence-electron chi connectivity index (χ1n) is 6.26. The first-order valence-corrected chi connectivity index (χ1v) is 7.65.